The number of hydrogen-bond acceptors (Lipinski definition) is 4. The molecule has 1 aromatic carbocycles. The topological polar surface area (TPSA) is 60.9 Å². The Hall–Kier alpha value is -2.81. The Labute approximate surface area is 183 Å². The lowest BCUT2D eigenvalue weighted by molar-refractivity contribution is -0.138. The number of amides is 3. The summed E-state index contributed by atoms with van der Waals surface area (Å²) in [4.78, 5) is 43.9. The van der Waals surface area contributed by atoms with Gasteiger partial charge in [0.1, 0.15) is 0 Å². The van der Waals surface area contributed by atoms with E-state index < -0.39 is 11.6 Å². The van der Waals surface area contributed by atoms with Gasteiger partial charge < -0.3 is 14.7 Å². The lowest BCUT2D eigenvalue weighted by atomic mass is 9.96. The average molecular weight is 448 g/mol. The summed E-state index contributed by atoms with van der Waals surface area (Å²) in [6.45, 7) is 2.47. The molecule has 1 atom stereocenters. The molecule has 4 rings (SSSR count). The van der Waals surface area contributed by atoms with Gasteiger partial charge in [-0.3, -0.25) is 14.4 Å². The number of piperazine rings is 1. The van der Waals surface area contributed by atoms with Gasteiger partial charge in [-0.25, -0.2) is 8.78 Å². The monoisotopic (exact) mass is 447 g/mol. The summed E-state index contributed by atoms with van der Waals surface area (Å²) in [7, 11) is 0. The molecule has 2 saturated heterocycles. The molecular weight excluding hydrogens is 424 g/mol. The molecular formula is C22H23F2N3O3S. The van der Waals surface area contributed by atoms with Crippen molar-refractivity contribution < 1.29 is 23.2 Å². The summed E-state index contributed by atoms with van der Waals surface area (Å²) in [6, 6.07) is 6.73. The van der Waals surface area contributed by atoms with Gasteiger partial charge in [0, 0.05) is 44.8 Å². The number of hydrogen-bond donors (Lipinski definition) is 0. The fourth-order valence-electron chi connectivity index (χ4n) is 4.12. The van der Waals surface area contributed by atoms with E-state index in [0.717, 1.165) is 25.0 Å². The van der Waals surface area contributed by atoms with Crippen LogP contribution in [-0.2, 0) is 4.79 Å². The van der Waals surface area contributed by atoms with Gasteiger partial charge in [-0.15, -0.1) is 11.3 Å². The molecule has 3 heterocycles. The molecule has 0 saturated carbocycles. The number of likely N-dealkylation sites (tertiary alicyclic amines) is 1. The Morgan fingerprint density at radius 1 is 0.871 bits per heavy atom. The third-order valence-corrected chi connectivity index (χ3v) is 6.69. The SMILES string of the molecule is O=C(c1ccc(F)c(F)c1)N1CCN(C(=O)C2CCCN(C(=O)c3cccs3)C2)CC1. The highest BCUT2D eigenvalue weighted by Crippen LogP contribution is 2.23. The molecule has 0 radical (unpaired) electrons. The third-order valence-electron chi connectivity index (χ3n) is 5.83. The largest absolute Gasteiger partial charge is 0.339 e. The molecule has 2 fully saturated rings. The van der Waals surface area contributed by atoms with E-state index in [-0.39, 0.29) is 29.2 Å². The fourth-order valence-corrected chi connectivity index (χ4v) is 4.81. The van der Waals surface area contributed by atoms with Crippen molar-refractivity contribution in [3.8, 4) is 0 Å². The molecule has 2 aromatic rings. The summed E-state index contributed by atoms with van der Waals surface area (Å²) in [5.41, 5.74) is 0.0914. The minimum atomic E-state index is -1.06. The summed E-state index contributed by atoms with van der Waals surface area (Å²) < 4.78 is 26.5. The van der Waals surface area contributed by atoms with E-state index in [2.05, 4.69) is 0 Å². The van der Waals surface area contributed by atoms with E-state index >= 15 is 0 Å². The number of rotatable bonds is 3. The van der Waals surface area contributed by atoms with Crippen LogP contribution in [0.3, 0.4) is 0 Å². The summed E-state index contributed by atoms with van der Waals surface area (Å²) in [6.07, 6.45) is 1.52. The van der Waals surface area contributed by atoms with Crippen LogP contribution >= 0.6 is 11.3 Å². The van der Waals surface area contributed by atoms with Crippen LogP contribution in [-0.4, -0.2) is 71.7 Å². The number of benzene rings is 1. The fraction of sp³-hybridized carbons (Fsp3) is 0.409. The summed E-state index contributed by atoms with van der Waals surface area (Å²) >= 11 is 1.40. The van der Waals surface area contributed by atoms with Crippen LogP contribution in [0.15, 0.2) is 35.7 Å². The van der Waals surface area contributed by atoms with E-state index in [9.17, 15) is 23.2 Å². The van der Waals surface area contributed by atoms with Crippen molar-refractivity contribution in [2.24, 2.45) is 5.92 Å². The van der Waals surface area contributed by atoms with E-state index in [1.165, 1.54) is 17.4 Å². The van der Waals surface area contributed by atoms with Crippen molar-refractivity contribution in [3.63, 3.8) is 0 Å². The zero-order valence-electron chi connectivity index (χ0n) is 16.9. The molecule has 9 heteroatoms. The zero-order chi connectivity index (χ0) is 22.0. The molecule has 2 aliphatic heterocycles. The average Bonchev–Trinajstić information content (AvgIpc) is 3.34. The van der Waals surface area contributed by atoms with Crippen molar-refractivity contribution in [1.29, 1.82) is 0 Å². The standard InChI is InChI=1S/C22H23F2N3O3S/c23-17-6-5-15(13-18(17)24)20(28)25-8-10-26(11-9-25)21(29)16-3-1-7-27(14-16)22(30)19-4-2-12-31-19/h2,4-6,12-13,16H,1,3,7-11,14H2. The van der Waals surface area contributed by atoms with Crippen molar-refractivity contribution in [3.05, 3.63) is 57.8 Å². The van der Waals surface area contributed by atoms with Crippen LogP contribution in [0, 0.1) is 17.6 Å². The quantitative estimate of drug-likeness (QED) is 0.727. The highest BCUT2D eigenvalue weighted by atomic mass is 32.1. The minimum Gasteiger partial charge on any atom is -0.339 e. The Kier molecular flexibility index (Phi) is 6.31. The van der Waals surface area contributed by atoms with Gasteiger partial charge >= 0.3 is 0 Å². The predicted octanol–water partition coefficient (Wildman–Crippen LogP) is 2.86. The molecule has 31 heavy (non-hydrogen) atoms. The van der Waals surface area contributed by atoms with Gasteiger partial charge in [0.05, 0.1) is 10.8 Å². The van der Waals surface area contributed by atoms with Gasteiger partial charge in [0.15, 0.2) is 11.6 Å². The molecule has 1 aromatic heterocycles. The molecule has 0 bridgehead atoms. The van der Waals surface area contributed by atoms with Gasteiger partial charge in [0.25, 0.3) is 11.8 Å². The van der Waals surface area contributed by atoms with Gasteiger partial charge in [-0.2, -0.15) is 0 Å². The summed E-state index contributed by atoms with van der Waals surface area (Å²) in [5, 5.41) is 1.86. The lowest BCUT2D eigenvalue weighted by Gasteiger charge is -2.39. The molecule has 0 N–H and O–H groups in total. The first-order chi connectivity index (χ1) is 14.9. The molecule has 1 unspecified atom stereocenters. The number of piperidine rings is 1. The third kappa shape index (κ3) is 4.61. The van der Waals surface area contributed by atoms with E-state index in [1.807, 2.05) is 11.4 Å². The second-order valence-electron chi connectivity index (χ2n) is 7.81. The molecule has 2 aliphatic rings. The molecule has 164 valence electrons. The molecule has 6 nitrogen and oxygen atoms in total. The van der Waals surface area contributed by atoms with Crippen LogP contribution in [0.4, 0.5) is 8.78 Å². The number of carbonyl (C=O) groups is 3. The van der Waals surface area contributed by atoms with Crippen molar-refractivity contribution >= 4 is 29.1 Å². The van der Waals surface area contributed by atoms with Crippen LogP contribution in [0.25, 0.3) is 0 Å². The number of nitrogens with zero attached hydrogens (tertiary/aromatic N) is 3. The highest BCUT2D eigenvalue weighted by Gasteiger charge is 2.33. The van der Waals surface area contributed by atoms with Crippen LogP contribution < -0.4 is 0 Å². The van der Waals surface area contributed by atoms with Crippen LogP contribution in [0.2, 0.25) is 0 Å². The minimum absolute atomic E-state index is 0.00334. The Bertz CT molecular complexity index is 974. The van der Waals surface area contributed by atoms with Crippen LogP contribution in [0.5, 0.6) is 0 Å². The number of carbonyl (C=O) groups excluding carboxylic acids is 3. The lowest BCUT2D eigenvalue weighted by Crippen LogP contribution is -2.54. The molecule has 3 amide bonds. The first-order valence-corrected chi connectivity index (χ1v) is 11.2. The predicted molar refractivity (Wildman–Crippen MR) is 112 cm³/mol. The van der Waals surface area contributed by atoms with E-state index in [0.29, 0.717) is 44.1 Å². The molecule has 0 spiro atoms. The maximum absolute atomic E-state index is 13.4. The Balaban J connectivity index is 1.33. The number of halogens is 2. The first kappa shape index (κ1) is 21.4. The van der Waals surface area contributed by atoms with Crippen molar-refractivity contribution in [2.45, 2.75) is 12.8 Å². The molecule has 0 aliphatic carbocycles. The number of thiophene rings is 1. The van der Waals surface area contributed by atoms with Crippen molar-refractivity contribution in [1.82, 2.24) is 14.7 Å². The smallest absolute Gasteiger partial charge is 0.263 e. The Morgan fingerprint density at radius 3 is 2.29 bits per heavy atom. The maximum Gasteiger partial charge on any atom is 0.263 e. The van der Waals surface area contributed by atoms with Gasteiger partial charge in [-0.05, 0) is 42.5 Å². The van der Waals surface area contributed by atoms with Crippen LogP contribution in [0.1, 0.15) is 32.9 Å². The van der Waals surface area contributed by atoms with Gasteiger partial charge in [0.2, 0.25) is 5.91 Å². The zero-order valence-corrected chi connectivity index (χ0v) is 17.7. The van der Waals surface area contributed by atoms with E-state index in [4.69, 9.17) is 0 Å². The Morgan fingerprint density at radius 2 is 1.61 bits per heavy atom. The first-order valence-electron chi connectivity index (χ1n) is 10.3. The van der Waals surface area contributed by atoms with Crippen molar-refractivity contribution in [2.75, 3.05) is 39.3 Å². The maximum atomic E-state index is 13.4. The highest BCUT2D eigenvalue weighted by molar-refractivity contribution is 7.12. The second-order valence-corrected chi connectivity index (χ2v) is 8.76. The normalized spacial score (nSPS) is 19.4. The van der Waals surface area contributed by atoms with Gasteiger partial charge in [-0.1, -0.05) is 6.07 Å². The second kappa shape index (κ2) is 9.13. The summed E-state index contributed by atoms with van der Waals surface area (Å²) in [5.74, 6) is -2.70. The van der Waals surface area contributed by atoms with E-state index in [1.54, 1.807) is 20.8 Å².